The minimum Gasteiger partial charge on any atom is -0.393 e. The maximum atomic E-state index is 12.2. The van der Waals surface area contributed by atoms with Gasteiger partial charge in [0.1, 0.15) is 11.7 Å². The lowest BCUT2D eigenvalue weighted by Gasteiger charge is -2.65. The van der Waals surface area contributed by atoms with Gasteiger partial charge in [0.2, 0.25) is 0 Å². The second-order valence-corrected chi connectivity index (χ2v) is 12.7. The highest BCUT2D eigenvalue weighted by atomic mass is 16.4. The van der Waals surface area contributed by atoms with Gasteiger partial charge < -0.3 is 20.4 Å². The zero-order valence-electron chi connectivity index (χ0n) is 21.0. The van der Waals surface area contributed by atoms with Crippen LogP contribution in [0.2, 0.25) is 0 Å². The maximum Gasteiger partial charge on any atom is 0.105 e. The van der Waals surface area contributed by atoms with Crippen LogP contribution in [0.25, 0.3) is 0 Å². The summed E-state index contributed by atoms with van der Waals surface area (Å²) < 4.78 is 0. The molecule has 4 aliphatic carbocycles. The lowest BCUT2D eigenvalue weighted by Crippen LogP contribution is -2.72. The van der Waals surface area contributed by atoms with Gasteiger partial charge >= 0.3 is 0 Å². The molecular formula is C28H46O4. The van der Waals surface area contributed by atoms with E-state index in [-0.39, 0.29) is 17.8 Å². The molecule has 3 fully saturated rings. The number of aliphatic hydroxyl groups is 4. The first-order chi connectivity index (χ1) is 14.8. The minimum atomic E-state index is -1.49. The van der Waals surface area contributed by atoms with Gasteiger partial charge in [0.15, 0.2) is 0 Å². The summed E-state index contributed by atoms with van der Waals surface area (Å²) in [5, 5.41) is 45.2. The first-order valence-electron chi connectivity index (χ1n) is 13.0. The van der Waals surface area contributed by atoms with E-state index in [0.717, 1.165) is 24.8 Å². The van der Waals surface area contributed by atoms with Gasteiger partial charge in [0.05, 0.1) is 11.7 Å². The lowest BCUT2D eigenvalue weighted by atomic mass is 9.43. The summed E-state index contributed by atoms with van der Waals surface area (Å²) in [6.07, 6.45) is 9.79. The molecule has 32 heavy (non-hydrogen) atoms. The molecule has 10 atom stereocenters. The van der Waals surface area contributed by atoms with Crippen LogP contribution in [0.15, 0.2) is 23.8 Å². The van der Waals surface area contributed by atoms with Crippen molar-refractivity contribution in [1.82, 2.24) is 0 Å². The van der Waals surface area contributed by atoms with E-state index in [1.165, 1.54) is 0 Å². The highest BCUT2D eigenvalue weighted by Gasteiger charge is 2.70. The van der Waals surface area contributed by atoms with Gasteiger partial charge in [0.25, 0.3) is 0 Å². The second kappa shape index (κ2) is 7.93. The molecule has 0 aromatic carbocycles. The molecule has 0 heterocycles. The molecule has 0 aromatic rings. The topological polar surface area (TPSA) is 80.9 Å². The summed E-state index contributed by atoms with van der Waals surface area (Å²) in [4.78, 5) is 0. The molecule has 0 bridgehead atoms. The molecule has 4 heteroatoms. The Morgan fingerprint density at radius 1 is 0.938 bits per heavy atom. The van der Waals surface area contributed by atoms with E-state index in [1.807, 2.05) is 6.92 Å². The zero-order chi connectivity index (χ0) is 23.7. The zero-order valence-corrected chi connectivity index (χ0v) is 21.0. The van der Waals surface area contributed by atoms with Gasteiger partial charge in [-0.3, -0.25) is 0 Å². The van der Waals surface area contributed by atoms with E-state index in [1.54, 1.807) is 6.08 Å². The first kappa shape index (κ1) is 24.4. The molecule has 0 saturated heterocycles. The standard InChI is InChI=1S/C28H46O4/c1-17(2)18(3)7-8-19(4)21-9-10-22-23-15-24(30)28(32)16-20(29)11-12-26(28,6)27(23,31)14-13-25(21,22)5/h7-8,15,17-22,24,29-32H,9-14,16H2,1-6H3/b8-7+/t18-,19+,20-,21+,22?,24+,25+,26+,27+,28-/m0/s1. The average Bonchev–Trinajstić information content (AvgIpc) is 3.07. The monoisotopic (exact) mass is 446 g/mol. The van der Waals surface area contributed by atoms with Crippen molar-refractivity contribution in [1.29, 1.82) is 0 Å². The predicted octanol–water partition coefficient (Wildman–Crippen LogP) is 4.61. The molecule has 1 unspecified atom stereocenters. The maximum absolute atomic E-state index is 12.2. The van der Waals surface area contributed by atoms with Crippen LogP contribution in [-0.4, -0.2) is 43.8 Å². The van der Waals surface area contributed by atoms with Crippen LogP contribution >= 0.6 is 0 Å². The summed E-state index contributed by atoms with van der Waals surface area (Å²) >= 11 is 0. The van der Waals surface area contributed by atoms with Gasteiger partial charge in [-0.25, -0.2) is 0 Å². The third-order valence-corrected chi connectivity index (χ3v) is 10.9. The number of rotatable bonds is 4. The van der Waals surface area contributed by atoms with Gasteiger partial charge in [-0.05, 0) is 79.1 Å². The third kappa shape index (κ3) is 3.23. The molecule has 0 aliphatic heterocycles. The molecule has 4 nitrogen and oxygen atoms in total. The Morgan fingerprint density at radius 3 is 2.28 bits per heavy atom. The Morgan fingerprint density at radius 2 is 1.62 bits per heavy atom. The van der Waals surface area contributed by atoms with E-state index in [0.29, 0.717) is 42.9 Å². The van der Waals surface area contributed by atoms with Crippen LogP contribution in [0.4, 0.5) is 0 Å². The summed E-state index contributed by atoms with van der Waals surface area (Å²) in [5.41, 5.74) is -2.40. The van der Waals surface area contributed by atoms with E-state index >= 15 is 0 Å². The van der Waals surface area contributed by atoms with E-state index in [9.17, 15) is 20.4 Å². The predicted molar refractivity (Wildman–Crippen MR) is 128 cm³/mol. The van der Waals surface area contributed by atoms with Gasteiger partial charge in [-0.1, -0.05) is 59.8 Å². The van der Waals surface area contributed by atoms with E-state index in [4.69, 9.17) is 0 Å². The van der Waals surface area contributed by atoms with Crippen LogP contribution in [0, 0.1) is 40.4 Å². The Hall–Kier alpha value is -0.680. The summed E-state index contributed by atoms with van der Waals surface area (Å²) in [5.74, 6) is 2.45. The quantitative estimate of drug-likeness (QED) is 0.475. The summed E-state index contributed by atoms with van der Waals surface area (Å²) in [6.45, 7) is 13.5. The molecule has 0 amide bonds. The molecule has 0 aromatic heterocycles. The van der Waals surface area contributed by atoms with Crippen molar-refractivity contribution in [3.63, 3.8) is 0 Å². The molecule has 4 aliphatic rings. The Bertz CT molecular complexity index is 788. The molecular weight excluding hydrogens is 400 g/mol. The van der Waals surface area contributed by atoms with E-state index in [2.05, 4.69) is 46.8 Å². The summed E-state index contributed by atoms with van der Waals surface area (Å²) in [6, 6.07) is 0. The fourth-order valence-electron chi connectivity index (χ4n) is 8.11. The number of fused-ring (bicyclic) bond motifs is 5. The molecule has 4 N–H and O–H groups in total. The molecule has 3 saturated carbocycles. The SMILES string of the molecule is CC(C)[C@@H](C)/C=C/[C@@H](C)[C@H]1CCC2C3=C[C@@H](O)[C@@]4(O)C[C@@H](O)CC[C@]4(C)[C@@]3(O)CC[C@@]21C. The van der Waals surface area contributed by atoms with Gasteiger partial charge in [-0.15, -0.1) is 0 Å². The van der Waals surface area contributed by atoms with Crippen molar-refractivity contribution in [3.8, 4) is 0 Å². The van der Waals surface area contributed by atoms with Crippen LogP contribution in [0.5, 0.6) is 0 Å². The Balaban J connectivity index is 1.67. The van der Waals surface area contributed by atoms with Crippen molar-refractivity contribution in [3.05, 3.63) is 23.8 Å². The molecule has 0 spiro atoms. The Kier molecular flexibility index (Phi) is 6.06. The smallest absolute Gasteiger partial charge is 0.105 e. The van der Waals surface area contributed by atoms with Crippen LogP contribution < -0.4 is 0 Å². The Labute approximate surface area is 194 Å². The number of allylic oxidation sites excluding steroid dienone is 2. The average molecular weight is 447 g/mol. The lowest BCUT2D eigenvalue weighted by molar-refractivity contribution is -0.258. The first-order valence-corrected chi connectivity index (χ1v) is 13.0. The van der Waals surface area contributed by atoms with Gasteiger partial charge in [0, 0.05) is 11.8 Å². The third-order valence-electron chi connectivity index (χ3n) is 10.9. The highest BCUT2D eigenvalue weighted by Crippen LogP contribution is 2.69. The van der Waals surface area contributed by atoms with Gasteiger partial charge in [-0.2, -0.15) is 0 Å². The normalized spacial score (nSPS) is 50.5. The minimum absolute atomic E-state index is 0.0859. The number of hydrogen-bond donors (Lipinski definition) is 4. The van der Waals surface area contributed by atoms with Crippen LogP contribution in [-0.2, 0) is 0 Å². The van der Waals surface area contributed by atoms with Crippen molar-refractivity contribution in [2.45, 2.75) is 110 Å². The van der Waals surface area contributed by atoms with Crippen molar-refractivity contribution in [2.75, 3.05) is 0 Å². The van der Waals surface area contributed by atoms with Crippen LogP contribution in [0.3, 0.4) is 0 Å². The number of hydrogen-bond acceptors (Lipinski definition) is 4. The van der Waals surface area contributed by atoms with Crippen molar-refractivity contribution >= 4 is 0 Å². The fraction of sp³-hybridized carbons (Fsp3) is 0.857. The highest BCUT2D eigenvalue weighted by molar-refractivity contribution is 5.40. The second-order valence-electron chi connectivity index (χ2n) is 12.7. The fourth-order valence-corrected chi connectivity index (χ4v) is 8.11. The molecule has 182 valence electrons. The summed E-state index contributed by atoms with van der Waals surface area (Å²) in [7, 11) is 0. The van der Waals surface area contributed by atoms with Crippen molar-refractivity contribution in [2.24, 2.45) is 40.4 Å². The molecule has 0 radical (unpaired) electrons. The van der Waals surface area contributed by atoms with Crippen LogP contribution in [0.1, 0.15) is 86.5 Å². The van der Waals surface area contributed by atoms with Crippen molar-refractivity contribution < 1.29 is 20.4 Å². The molecule has 4 rings (SSSR count). The largest absolute Gasteiger partial charge is 0.393 e. The number of aliphatic hydroxyl groups excluding tert-OH is 2. The van der Waals surface area contributed by atoms with E-state index < -0.39 is 28.8 Å².